The van der Waals surface area contributed by atoms with Crippen LogP contribution in [0.25, 0.3) is 0 Å². The Hall–Kier alpha value is 1.09. The van der Waals surface area contributed by atoms with E-state index < -0.39 is 0 Å². The van der Waals surface area contributed by atoms with Gasteiger partial charge in [-0.15, -0.1) is 0 Å². The fourth-order valence-electron chi connectivity index (χ4n) is 0. The molecule has 8 heavy (non-hydrogen) atoms. The van der Waals surface area contributed by atoms with Gasteiger partial charge in [0.1, 0.15) is 0 Å². The third-order valence-corrected chi connectivity index (χ3v) is 0.354. The Morgan fingerprint density at radius 1 is 1.50 bits per heavy atom. The molecule has 0 aromatic rings. The van der Waals surface area contributed by atoms with Gasteiger partial charge in [-0.1, -0.05) is 26.7 Å². The van der Waals surface area contributed by atoms with E-state index in [1.807, 2.05) is 0 Å². The van der Waals surface area contributed by atoms with Crippen LogP contribution in [-0.2, 0) is 3.08 Å². The maximum absolute atomic E-state index is 8.34. The Labute approximate surface area is 75.0 Å². The van der Waals surface area contributed by atoms with E-state index in [1.54, 1.807) is 0 Å². The van der Waals surface area contributed by atoms with Crippen LogP contribution >= 0.6 is 0 Å². The first-order chi connectivity index (χ1) is 2.91. The average molecular weight is 240 g/mol. The predicted molar refractivity (Wildman–Crippen MR) is 40.3 cm³/mol. The van der Waals surface area contributed by atoms with Crippen molar-refractivity contribution < 1.29 is 8.55 Å². The van der Waals surface area contributed by atoms with Crippen LogP contribution < -0.4 is 0 Å². The van der Waals surface area contributed by atoms with Crippen molar-refractivity contribution in [3.05, 3.63) is 6.92 Å². The van der Waals surface area contributed by atoms with Gasteiger partial charge in [0.25, 0.3) is 0 Å². The molecule has 0 saturated carbocycles. The number of unbranched alkanes of at least 4 members (excludes halogenated alkanes) is 1. The van der Waals surface area contributed by atoms with E-state index in [0.717, 1.165) is 6.42 Å². The summed E-state index contributed by atoms with van der Waals surface area (Å²) >= 11 is 0.300. The fraction of sp³-hybridized carbons (Fsp3) is 0.750. The van der Waals surface area contributed by atoms with Crippen molar-refractivity contribution >= 4 is 39.9 Å². The molecular formula is C4H14AlO2Sn. The van der Waals surface area contributed by atoms with Crippen molar-refractivity contribution in [3.63, 3.8) is 0 Å². The number of rotatable bonds is 1. The third-order valence-electron chi connectivity index (χ3n) is 0.354. The van der Waals surface area contributed by atoms with Gasteiger partial charge in [-0.3, -0.25) is 0 Å². The van der Waals surface area contributed by atoms with E-state index in [1.165, 1.54) is 6.42 Å². The zero-order valence-electron chi connectivity index (χ0n) is 4.53. The maximum atomic E-state index is 8.34. The topological polar surface area (TPSA) is 48.6 Å². The first kappa shape index (κ1) is 23.0. The van der Waals surface area contributed by atoms with Crippen molar-refractivity contribution in [3.8, 4) is 0 Å². The summed E-state index contributed by atoms with van der Waals surface area (Å²) in [4.78, 5) is 0. The molecule has 0 unspecified atom stereocenters. The molecule has 0 amide bonds. The molecule has 2 N–H and O–H groups in total. The molecule has 49 valence electrons. The second-order valence-electron chi connectivity index (χ2n) is 0.854. The number of hydrogen-bond donors (Lipinski definition) is 0. The van der Waals surface area contributed by atoms with E-state index in [2.05, 4.69) is 13.8 Å². The third kappa shape index (κ3) is 60.2. The van der Waals surface area contributed by atoms with Gasteiger partial charge in [-0.2, -0.15) is 0 Å². The minimum absolute atomic E-state index is 0. The van der Waals surface area contributed by atoms with Crippen LogP contribution in [0.5, 0.6) is 0 Å². The van der Waals surface area contributed by atoms with Crippen LogP contribution in [0.15, 0.2) is 0 Å². The van der Waals surface area contributed by atoms with Gasteiger partial charge in [0.05, 0.1) is 0 Å². The first-order valence-corrected chi connectivity index (χ1v) is 3.08. The van der Waals surface area contributed by atoms with Crippen molar-refractivity contribution in [1.82, 2.24) is 0 Å². The summed E-state index contributed by atoms with van der Waals surface area (Å²) < 4.78 is 8.34. The number of hydrogen-bond acceptors (Lipinski definition) is 1. The Morgan fingerprint density at radius 3 is 1.62 bits per heavy atom. The SMILES string of the molecule is O.[AlH3].[CH2]CCC.[O]=[Sn]. The van der Waals surface area contributed by atoms with Crippen LogP contribution in [-0.4, -0.2) is 45.3 Å². The van der Waals surface area contributed by atoms with E-state index in [0.29, 0.717) is 22.5 Å². The summed E-state index contributed by atoms with van der Waals surface area (Å²) in [5, 5.41) is 0. The van der Waals surface area contributed by atoms with E-state index in [-0.39, 0.29) is 22.8 Å². The van der Waals surface area contributed by atoms with Gasteiger partial charge in [0, 0.05) is 0 Å². The zero-order valence-corrected chi connectivity index (χ0v) is 7.38. The van der Waals surface area contributed by atoms with E-state index in [9.17, 15) is 0 Å². The Bertz CT molecular complexity index is 21.5. The quantitative estimate of drug-likeness (QED) is 0.548. The molecule has 4 heteroatoms. The minimum atomic E-state index is 0. The summed E-state index contributed by atoms with van der Waals surface area (Å²) in [6.45, 7) is 5.72. The first-order valence-electron chi connectivity index (χ1n) is 1.91. The summed E-state index contributed by atoms with van der Waals surface area (Å²) in [5.41, 5.74) is 0. The molecule has 0 heterocycles. The second-order valence-corrected chi connectivity index (χ2v) is 0.854. The standard InChI is InChI=1S/C4H9.Al.H2O.O.Sn.3H/c1-3-4-2;;;;;;;/h1,3-4H2,2H3;;1H2;;;;;. The van der Waals surface area contributed by atoms with Gasteiger partial charge < -0.3 is 5.48 Å². The Balaban J connectivity index is -0.0000000183. The molecule has 0 aromatic heterocycles. The fourth-order valence-corrected chi connectivity index (χ4v) is 0. The molecule has 0 aliphatic rings. The molecule has 0 fully saturated rings. The summed E-state index contributed by atoms with van der Waals surface area (Å²) in [7, 11) is 0. The van der Waals surface area contributed by atoms with Gasteiger partial charge in [0.15, 0.2) is 17.4 Å². The second kappa shape index (κ2) is 42.6. The molecular weight excluding hydrogens is 226 g/mol. The van der Waals surface area contributed by atoms with E-state index in [4.69, 9.17) is 3.08 Å². The van der Waals surface area contributed by atoms with Crippen LogP contribution in [0, 0.1) is 6.92 Å². The van der Waals surface area contributed by atoms with Gasteiger partial charge in [-0.05, 0) is 0 Å². The van der Waals surface area contributed by atoms with Crippen molar-refractivity contribution in [2.45, 2.75) is 19.8 Å². The van der Waals surface area contributed by atoms with Crippen LogP contribution in [0.2, 0.25) is 0 Å². The van der Waals surface area contributed by atoms with Crippen LogP contribution in [0.1, 0.15) is 19.8 Å². The van der Waals surface area contributed by atoms with Gasteiger partial charge in [0.2, 0.25) is 0 Å². The Kier molecular flexibility index (Phi) is 122. The zero-order chi connectivity index (χ0) is 5.41. The van der Waals surface area contributed by atoms with Crippen molar-refractivity contribution in [2.24, 2.45) is 0 Å². The van der Waals surface area contributed by atoms with Crippen molar-refractivity contribution in [1.29, 1.82) is 0 Å². The molecule has 0 bridgehead atoms. The van der Waals surface area contributed by atoms with Crippen LogP contribution in [0.4, 0.5) is 0 Å². The van der Waals surface area contributed by atoms with Crippen LogP contribution in [0.3, 0.4) is 0 Å². The summed E-state index contributed by atoms with van der Waals surface area (Å²) in [6.07, 6.45) is 2.28. The Morgan fingerprint density at radius 2 is 1.62 bits per heavy atom. The van der Waals surface area contributed by atoms with E-state index >= 15 is 0 Å². The monoisotopic (exact) mass is 241 g/mol. The molecule has 0 aromatic carbocycles. The molecule has 0 saturated heterocycles. The summed E-state index contributed by atoms with van der Waals surface area (Å²) in [6, 6.07) is 0. The molecule has 0 spiro atoms. The molecule has 0 aliphatic heterocycles. The van der Waals surface area contributed by atoms with Gasteiger partial charge >= 0.3 is 25.6 Å². The van der Waals surface area contributed by atoms with Crippen molar-refractivity contribution in [2.75, 3.05) is 0 Å². The predicted octanol–water partition coefficient (Wildman–Crippen LogP) is -0.888. The average Bonchev–Trinajstić information content (AvgIpc) is 1.72. The molecule has 3 radical (unpaired) electrons. The van der Waals surface area contributed by atoms with Gasteiger partial charge in [-0.25, -0.2) is 0 Å². The normalized spacial score (nSPS) is 4.25. The molecule has 0 rings (SSSR count). The molecule has 0 atom stereocenters. The summed E-state index contributed by atoms with van der Waals surface area (Å²) in [5.74, 6) is 0. The molecule has 2 nitrogen and oxygen atoms in total. The molecule has 0 aliphatic carbocycles.